The fourth-order valence-electron chi connectivity index (χ4n) is 1.55. The Bertz CT molecular complexity index is 662. The van der Waals surface area contributed by atoms with E-state index in [1.165, 1.54) is 12.1 Å². The topological polar surface area (TPSA) is 24.1 Å². The first-order chi connectivity index (χ1) is 9.45. The molecule has 2 nitrogen and oxygen atoms in total. The number of halogens is 3. The minimum atomic E-state index is -0.469. The Kier molecular flexibility index (Phi) is 4.81. The summed E-state index contributed by atoms with van der Waals surface area (Å²) >= 11 is 16.8. The summed E-state index contributed by atoms with van der Waals surface area (Å²) in [5, 5.41) is 6.94. The number of rotatable bonds is 2. The summed E-state index contributed by atoms with van der Waals surface area (Å²) in [6.07, 6.45) is 0. The maximum atomic E-state index is 13.6. The predicted molar refractivity (Wildman–Crippen MR) is 87.4 cm³/mol. The van der Waals surface area contributed by atoms with E-state index < -0.39 is 5.82 Å². The molecule has 0 saturated carbocycles. The zero-order valence-electron chi connectivity index (χ0n) is 10.5. The number of nitrogens with one attached hydrogen (secondary N) is 2. The summed E-state index contributed by atoms with van der Waals surface area (Å²) < 4.78 is 13.6. The Labute approximate surface area is 131 Å². The van der Waals surface area contributed by atoms with Gasteiger partial charge in [0.25, 0.3) is 0 Å². The molecule has 0 bridgehead atoms. The van der Waals surface area contributed by atoms with Crippen molar-refractivity contribution in [2.75, 3.05) is 10.6 Å². The van der Waals surface area contributed by atoms with Crippen molar-refractivity contribution in [3.05, 3.63) is 57.8 Å². The lowest BCUT2D eigenvalue weighted by molar-refractivity contribution is 0.632. The molecule has 2 N–H and O–H groups in total. The molecule has 0 radical (unpaired) electrons. The summed E-state index contributed by atoms with van der Waals surface area (Å²) in [4.78, 5) is 0. The largest absolute Gasteiger partial charge is 0.332 e. The van der Waals surface area contributed by atoms with Gasteiger partial charge >= 0.3 is 0 Å². The van der Waals surface area contributed by atoms with Gasteiger partial charge in [0.05, 0.1) is 5.69 Å². The average molecular weight is 329 g/mol. The highest BCUT2D eigenvalue weighted by Gasteiger charge is 2.06. The van der Waals surface area contributed by atoms with Crippen molar-refractivity contribution < 1.29 is 4.39 Å². The van der Waals surface area contributed by atoms with Gasteiger partial charge in [-0.25, -0.2) is 4.39 Å². The second-order valence-electron chi connectivity index (χ2n) is 4.17. The summed E-state index contributed by atoms with van der Waals surface area (Å²) in [6, 6.07) is 9.79. The second-order valence-corrected chi connectivity index (χ2v) is 5.42. The third-order valence-electron chi connectivity index (χ3n) is 2.61. The Morgan fingerprint density at radius 1 is 1.10 bits per heavy atom. The summed E-state index contributed by atoms with van der Waals surface area (Å²) in [5.41, 5.74) is 1.96. The van der Waals surface area contributed by atoms with E-state index in [-0.39, 0.29) is 10.8 Å². The summed E-state index contributed by atoms with van der Waals surface area (Å²) in [6.45, 7) is 1.91. The summed E-state index contributed by atoms with van der Waals surface area (Å²) in [7, 11) is 0. The zero-order chi connectivity index (χ0) is 14.7. The Hall–Kier alpha value is -1.36. The van der Waals surface area contributed by atoms with Gasteiger partial charge in [-0.2, -0.15) is 0 Å². The first kappa shape index (κ1) is 15.0. The van der Waals surface area contributed by atoms with Gasteiger partial charge in [0.2, 0.25) is 0 Å². The Balaban J connectivity index is 2.07. The first-order valence-electron chi connectivity index (χ1n) is 5.75. The van der Waals surface area contributed by atoms with Crippen LogP contribution in [0.3, 0.4) is 0 Å². The predicted octanol–water partition coefficient (Wildman–Crippen LogP) is 5.25. The molecule has 0 saturated heterocycles. The highest BCUT2D eigenvalue weighted by molar-refractivity contribution is 7.80. The molecule has 0 aliphatic carbocycles. The van der Waals surface area contributed by atoms with E-state index in [1.807, 2.05) is 19.1 Å². The highest BCUT2D eigenvalue weighted by Crippen LogP contribution is 2.21. The summed E-state index contributed by atoms with van der Waals surface area (Å²) in [5.74, 6) is -0.469. The van der Waals surface area contributed by atoms with Gasteiger partial charge in [-0.3, -0.25) is 0 Å². The molecule has 0 aliphatic heterocycles. The van der Waals surface area contributed by atoms with Gasteiger partial charge in [-0.15, -0.1) is 0 Å². The lowest BCUT2D eigenvalue weighted by atomic mass is 10.2. The van der Waals surface area contributed by atoms with Gasteiger partial charge < -0.3 is 10.6 Å². The van der Waals surface area contributed by atoms with Crippen molar-refractivity contribution in [3.8, 4) is 0 Å². The Morgan fingerprint density at radius 3 is 2.50 bits per heavy atom. The molecule has 104 valence electrons. The van der Waals surface area contributed by atoms with Crippen LogP contribution in [-0.2, 0) is 0 Å². The van der Waals surface area contributed by atoms with Crippen LogP contribution in [0.1, 0.15) is 5.56 Å². The lowest BCUT2D eigenvalue weighted by Gasteiger charge is -2.12. The zero-order valence-corrected chi connectivity index (χ0v) is 12.8. The van der Waals surface area contributed by atoms with Crippen LogP contribution in [0.4, 0.5) is 15.8 Å². The van der Waals surface area contributed by atoms with E-state index in [0.29, 0.717) is 10.0 Å². The quantitative estimate of drug-likeness (QED) is 0.736. The number of hydrogen-bond acceptors (Lipinski definition) is 1. The van der Waals surface area contributed by atoms with E-state index in [1.54, 1.807) is 12.1 Å². The van der Waals surface area contributed by atoms with Crippen LogP contribution in [0, 0.1) is 12.7 Å². The van der Waals surface area contributed by atoms with E-state index in [9.17, 15) is 4.39 Å². The van der Waals surface area contributed by atoms with Crippen LogP contribution in [0.5, 0.6) is 0 Å². The molecular weight excluding hydrogens is 318 g/mol. The van der Waals surface area contributed by atoms with E-state index in [2.05, 4.69) is 10.6 Å². The average Bonchev–Trinajstić information content (AvgIpc) is 2.37. The van der Waals surface area contributed by atoms with Crippen LogP contribution in [0.25, 0.3) is 0 Å². The molecule has 20 heavy (non-hydrogen) atoms. The molecule has 0 spiro atoms. The van der Waals surface area contributed by atoms with Crippen LogP contribution in [0.2, 0.25) is 10.0 Å². The van der Waals surface area contributed by atoms with Crippen molar-refractivity contribution >= 4 is 51.9 Å². The minimum absolute atomic E-state index is 0.255. The standard InChI is InChI=1S/C14H11Cl2FN2S/c1-8-2-4-10(7-11(8)16)18-14(20)19-13-5-3-9(15)6-12(13)17/h2-7H,1H3,(H2,18,19,20). The molecule has 0 atom stereocenters. The molecule has 2 rings (SSSR count). The molecule has 0 amide bonds. The number of benzene rings is 2. The van der Waals surface area contributed by atoms with Gasteiger partial charge in [0.15, 0.2) is 5.11 Å². The number of aryl methyl sites for hydroxylation is 1. The monoisotopic (exact) mass is 328 g/mol. The van der Waals surface area contributed by atoms with Crippen LogP contribution in [-0.4, -0.2) is 5.11 Å². The highest BCUT2D eigenvalue weighted by atomic mass is 35.5. The fourth-order valence-corrected chi connectivity index (χ4v) is 2.11. The van der Waals surface area contributed by atoms with E-state index in [4.69, 9.17) is 35.4 Å². The molecule has 0 fully saturated rings. The third-order valence-corrected chi connectivity index (χ3v) is 3.46. The smallest absolute Gasteiger partial charge is 0.175 e. The number of hydrogen-bond donors (Lipinski definition) is 2. The van der Waals surface area contributed by atoms with Crippen LogP contribution in [0.15, 0.2) is 36.4 Å². The van der Waals surface area contributed by atoms with Crippen molar-refractivity contribution in [2.45, 2.75) is 6.92 Å². The van der Waals surface area contributed by atoms with Gasteiger partial charge in [-0.05, 0) is 55.0 Å². The van der Waals surface area contributed by atoms with E-state index in [0.717, 1.165) is 11.3 Å². The molecule has 2 aromatic rings. The van der Waals surface area contributed by atoms with Crippen LogP contribution < -0.4 is 10.6 Å². The van der Waals surface area contributed by atoms with Gasteiger partial charge in [0, 0.05) is 15.7 Å². The van der Waals surface area contributed by atoms with Crippen molar-refractivity contribution in [1.29, 1.82) is 0 Å². The molecule has 0 aromatic heterocycles. The van der Waals surface area contributed by atoms with Crippen molar-refractivity contribution in [1.82, 2.24) is 0 Å². The second kappa shape index (κ2) is 6.39. The molecule has 2 aromatic carbocycles. The maximum absolute atomic E-state index is 13.6. The van der Waals surface area contributed by atoms with Crippen LogP contribution >= 0.6 is 35.4 Å². The fraction of sp³-hybridized carbons (Fsp3) is 0.0714. The van der Waals surface area contributed by atoms with Crippen molar-refractivity contribution in [2.24, 2.45) is 0 Å². The molecule has 6 heteroatoms. The van der Waals surface area contributed by atoms with Gasteiger partial charge in [0.1, 0.15) is 5.82 Å². The molecule has 0 heterocycles. The maximum Gasteiger partial charge on any atom is 0.175 e. The SMILES string of the molecule is Cc1ccc(NC(=S)Nc2ccc(Cl)cc2F)cc1Cl. The van der Waals surface area contributed by atoms with Crippen molar-refractivity contribution in [3.63, 3.8) is 0 Å². The third kappa shape index (κ3) is 3.82. The normalized spacial score (nSPS) is 10.2. The molecule has 0 unspecified atom stereocenters. The first-order valence-corrected chi connectivity index (χ1v) is 6.91. The van der Waals surface area contributed by atoms with E-state index >= 15 is 0 Å². The number of anilines is 2. The minimum Gasteiger partial charge on any atom is -0.332 e. The molecular formula is C14H11Cl2FN2S. The molecule has 0 aliphatic rings. The Morgan fingerprint density at radius 2 is 1.85 bits per heavy atom. The number of thiocarbonyl (C=S) groups is 1. The lowest BCUT2D eigenvalue weighted by Crippen LogP contribution is -2.19. The van der Waals surface area contributed by atoms with Gasteiger partial charge in [-0.1, -0.05) is 29.3 Å².